The Balaban J connectivity index is 1.56. The average molecular weight is 487 g/mol. The average Bonchev–Trinajstić information content (AvgIpc) is 3.32. The van der Waals surface area contributed by atoms with Crippen LogP contribution in [-0.2, 0) is 22.4 Å². The predicted molar refractivity (Wildman–Crippen MR) is 143 cm³/mol. The van der Waals surface area contributed by atoms with Gasteiger partial charge in [0.2, 0.25) is 11.8 Å². The second-order valence-corrected chi connectivity index (χ2v) is 9.23. The SMILES string of the molecule is CN(C(=O)C(CO)Cc1c[nH]c2ccccc12)C(Cc1ccc2ccccc2c1)C(=O)NCCCN. The van der Waals surface area contributed by atoms with E-state index in [1.54, 1.807) is 7.05 Å². The summed E-state index contributed by atoms with van der Waals surface area (Å²) < 4.78 is 0. The number of amides is 2. The zero-order chi connectivity index (χ0) is 25.5. The van der Waals surface area contributed by atoms with Crippen molar-refractivity contribution in [3.63, 3.8) is 0 Å². The Kier molecular flexibility index (Phi) is 8.36. The number of nitrogens with two attached hydrogens (primary N) is 1. The molecule has 0 bridgehead atoms. The Hall–Kier alpha value is -3.68. The van der Waals surface area contributed by atoms with Crippen LogP contribution in [0.2, 0.25) is 0 Å². The molecular weight excluding hydrogens is 452 g/mol. The molecule has 4 aromatic rings. The Morgan fingerprint density at radius 2 is 1.78 bits per heavy atom. The third-order valence-electron chi connectivity index (χ3n) is 6.75. The van der Waals surface area contributed by atoms with Crippen molar-refractivity contribution < 1.29 is 14.7 Å². The summed E-state index contributed by atoms with van der Waals surface area (Å²) >= 11 is 0. The number of aromatic nitrogens is 1. The maximum Gasteiger partial charge on any atom is 0.243 e. The van der Waals surface area contributed by atoms with Crippen LogP contribution in [0, 0.1) is 5.92 Å². The number of aliphatic hydroxyl groups is 1. The lowest BCUT2D eigenvalue weighted by Gasteiger charge is -2.30. The van der Waals surface area contributed by atoms with Crippen LogP contribution in [0.15, 0.2) is 72.9 Å². The van der Waals surface area contributed by atoms with E-state index < -0.39 is 12.0 Å². The van der Waals surface area contributed by atoms with Crippen LogP contribution < -0.4 is 11.1 Å². The molecule has 0 spiro atoms. The molecule has 0 fully saturated rings. The van der Waals surface area contributed by atoms with Crippen molar-refractivity contribution in [1.29, 1.82) is 0 Å². The van der Waals surface area contributed by atoms with Crippen molar-refractivity contribution in [3.05, 3.63) is 84.1 Å². The Morgan fingerprint density at radius 3 is 2.56 bits per heavy atom. The number of aliphatic hydroxyl groups excluding tert-OH is 1. The number of likely N-dealkylation sites (N-methyl/N-ethyl adjacent to an activating group) is 1. The molecule has 188 valence electrons. The number of hydrogen-bond acceptors (Lipinski definition) is 4. The molecule has 0 saturated heterocycles. The summed E-state index contributed by atoms with van der Waals surface area (Å²) in [5, 5.41) is 16.3. The highest BCUT2D eigenvalue weighted by atomic mass is 16.3. The van der Waals surface area contributed by atoms with Crippen molar-refractivity contribution in [2.45, 2.75) is 25.3 Å². The quantitative estimate of drug-likeness (QED) is 0.244. The van der Waals surface area contributed by atoms with Crippen LogP contribution in [0.4, 0.5) is 0 Å². The molecule has 2 unspecified atom stereocenters. The van der Waals surface area contributed by atoms with Crippen LogP contribution in [0.3, 0.4) is 0 Å². The van der Waals surface area contributed by atoms with E-state index >= 15 is 0 Å². The molecule has 7 heteroatoms. The highest BCUT2D eigenvalue weighted by molar-refractivity contribution is 5.90. The maximum absolute atomic E-state index is 13.6. The number of fused-ring (bicyclic) bond motifs is 2. The van der Waals surface area contributed by atoms with Crippen molar-refractivity contribution in [1.82, 2.24) is 15.2 Å². The van der Waals surface area contributed by atoms with E-state index in [0.717, 1.165) is 32.8 Å². The highest BCUT2D eigenvalue weighted by Gasteiger charge is 2.31. The van der Waals surface area contributed by atoms with E-state index in [1.807, 2.05) is 66.9 Å². The molecule has 4 rings (SSSR count). The van der Waals surface area contributed by atoms with Gasteiger partial charge in [-0.05, 0) is 47.4 Å². The zero-order valence-electron chi connectivity index (χ0n) is 20.6. The summed E-state index contributed by atoms with van der Waals surface area (Å²) in [4.78, 5) is 31.5. The van der Waals surface area contributed by atoms with E-state index in [9.17, 15) is 14.7 Å². The molecule has 7 nitrogen and oxygen atoms in total. The first-order valence-electron chi connectivity index (χ1n) is 12.4. The van der Waals surface area contributed by atoms with Crippen LogP contribution in [0.5, 0.6) is 0 Å². The molecule has 5 N–H and O–H groups in total. The molecule has 0 saturated carbocycles. The topological polar surface area (TPSA) is 111 Å². The molecule has 1 heterocycles. The fourth-order valence-electron chi connectivity index (χ4n) is 4.66. The summed E-state index contributed by atoms with van der Waals surface area (Å²) in [7, 11) is 1.65. The fraction of sp³-hybridized carbons (Fsp3) is 0.310. The number of benzene rings is 3. The standard InChI is InChI=1S/C29H34N4O3/c1-33(29(36)24(19-34)17-23-18-32-26-10-5-4-9-25(23)26)27(28(35)31-14-6-13-30)16-20-11-12-21-7-2-3-8-22(21)15-20/h2-5,7-12,15,18,24,27,32,34H,6,13-14,16-17,19,30H2,1H3,(H,31,35). The lowest BCUT2D eigenvalue weighted by molar-refractivity contribution is -0.143. The fourth-order valence-corrected chi connectivity index (χ4v) is 4.66. The number of para-hydroxylation sites is 1. The van der Waals surface area contributed by atoms with Crippen molar-refractivity contribution in [3.8, 4) is 0 Å². The third-order valence-corrected chi connectivity index (χ3v) is 6.75. The first kappa shape index (κ1) is 25.4. The van der Waals surface area contributed by atoms with E-state index in [0.29, 0.717) is 32.4 Å². The van der Waals surface area contributed by atoms with Crippen molar-refractivity contribution in [2.24, 2.45) is 11.7 Å². The lowest BCUT2D eigenvalue weighted by atomic mass is 9.96. The monoisotopic (exact) mass is 486 g/mol. The highest BCUT2D eigenvalue weighted by Crippen LogP contribution is 2.23. The molecule has 2 amide bonds. The number of rotatable bonds is 11. The van der Waals surface area contributed by atoms with Gasteiger partial charge in [-0.25, -0.2) is 0 Å². The van der Waals surface area contributed by atoms with Gasteiger partial charge < -0.3 is 26.0 Å². The first-order chi connectivity index (χ1) is 17.5. The van der Waals surface area contributed by atoms with Gasteiger partial charge in [0.25, 0.3) is 0 Å². The van der Waals surface area contributed by atoms with Crippen LogP contribution >= 0.6 is 0 Å². The van der Waals surface area contributed by atoms with Gasteiger partial charge in [-0.1, -0.05) is 60.7 Å². The van der Waals surface area contributed by atoms with Crippen molar-refractivity contribution >= 4 is 33.5 Å². The predicted octanol–water partition coefficient (Wildman–Crippen LogP) is 3.01. The normalized spacial score (nSPS) is 13.0. The minimum atomic E-state index is -0.714. The summed E-state index contributed by atoms with van der Waals surface area (Å²) in [5.74, 6) is -1.15. The Morgan fingerprint density at radius 1 is 1.03 bits per heavy atom. The van der Waals surface area contributed by atoms with Crippen LogP contribution in [0.25, 0.3) is 21.7 Å². The number of nitrogens with one attached hydrogen (secondary N) is 2. The molecule has 1 aromatic heterocycles. The van der Waals surface area contributed by atoms with Gasteiger partial charge in [0, 0.05) is 37.1 Å². The van der Waals surface area contributed by atoms with Gasteiger partial charge in [0.1, 0.15) is 6.04 Å². The molecular formula is C29H34N4O3. The van der Waals surface area contributed by atoms with E-state index in [1.165, 1.54) is 4.90 Å². The van der Waals surface area contributed by atoms with Gasteiger partial charge in [0.15, 0.2) is 0 Å². The van der Waals surface area contributed by atoms with Gasteiger partial charge >= 0.3 is 0 Å². The molecule has 0 aliphatic rings. The van der Waals surface area contributed by atoms with Gasteiger partial charge in [-0.15, -0.1) is 0 Å². The van der Waals surface area contributed by atoms with Gasteiger partial charge in [0.05, 0.1) is 12.5 Å². The third kappa shape index (κ3) is 5.75. The number of aromatic amines is 1. The Bertz CT molecular complexity index is 1330. The summed E-state index contributed by atoms with van der Waals surface area (Å²) in [6, 6.07) is 21.3. The second-order valence-electron chi connectivity index (χ2n) is 9.23. The minimum Gasteiger partial charge on any atom is -0.396 e. The van der Waals surface area contributed by atoms with E-state index in [4.69, 9.17) is 5.73 Å². The number of carbonyl (C=O) groups is 2. The van der Waals surface area contributed by atoms with Gasteiger partial charge in [-0.3, -0.25) is 9.59 Å². The Labute approximate surface area is 211 Å². The molecule has 0 aliphatic carbocycles. The van der Waals surface area contributed by atoms with E-state index in [2.05, 4.69) is 16.4 Å². The number of hydrogen-bond donors (Lipinski definition) is 4. The summed E-state index contributed by atoms with van der Waals surface area (Å²) in [5.41, 5.74) is 8.50. The second kappa shape index (κ2) is 11.8. The largest absolute Gasteiger partial charge is 0.396 e. The molecule has 3 aromatic carbocycles. The number of carbonyl (C=O) groups excluding carboxylic acids is 2. The van der Waals surface area contributed by atoms with Crippen LogP contribution in [0.1, 0.15) is 17.5 Å². The maximum atomic E-state index is 13.6. The van der Waals surface area contributed by atoms with E-state index in [-0.39, 0.29) is 18.4 Å². The number of H-pyrrole nitrogens is 1. The molecule has 0 aliphatic heterocycles. The molecule has 2 atom stereocenters. The smallest absolute Gasteiger partial charge is 0.243 e. The molecule has 36 heavy (non-hydrogen) atoms. The summed E-state index contributed by atoms with van der Waals surface area (Å²) in [6.07, 6.45) is 3.28. The lowest BCUT2D eigenvalue weighted by Crippen LogP contribution is -2.51. The zero-order valence-corrected chi connectivity index (χ0v) is 20.6. The van der Waals surface area contributed by atoms with Crippen LogP contribution in [-0.4, -0.2) is 59.6 Å². The first-order valence-corrected chi connectivity index (χ1v) is 12.4. The minimum absolute atomic E-state index is 0.226. The summed E-state index contributed by atoms with van der Waals surface area (Å²) in [6.45, 7) is 0.617. The molecule has 0 radical (unpaired) electrons. The van der Waals surface area contributed by atoms with Gasteiger partial charge in [-0.2, -0.15) is 0 Å². The number of nitrogens with zero attached hydrogens (tertiary/aromatic N) is 1. The van der Waals surface area contributed by atoms with Crippen molar-refractivity contribution in [2.75, 3.05) is 26.7 Å².